The summed E-state index contributed by atoms with van der Waals surface area (Å²) in [6, 6.07) is 0. The van der Waals surface area contributed by atoms with E-state index in [1.807, 2.05) is 83.1 Å². The minimum absolute atomic E-state index is 1.01. The van der Waals surface area contributed by atoms with Gasteiger partial charge < -0.3 is 0 Å². The van der Waals surface area contributed by atoms with E-state index in [0.717, 1.165) is 107 Å². The summed E-state index contributed by atoms with van der Waals surface area (Å²) in [5, 5.41) is 0. The molecule has 0 saturated heterocycles. The number of rotatable bonds is 8. The molecule has 0 heteroatoms. The van der Waals surface area contributed by atoms with E-state index in [-0.39, 0.29) is 0 Å². The minimum Gasteiger partial charge on any atom is -0.0683 e. The number of unbranched alkanes of at least 4 members (excludes halogenated alkanes) is 4. The quantitative estimate of drug-likeness (QED) is 0.213. The topological polar surface area (TPSA) is 0 Å². The Morgan fingerprint density at radius 2 is 0.360 bits per heavy atom. The first-order chi connectivity index (χ1) is 43.5. The molecule has 0 spiro atoms. The molecule has 0 aliphatic heterocycles. The Bertz CT molecular complexity index is 1150. The van der Waals surface area contributed by atoms with Gasteiger partial charge in [0.05, 0.1) is 0 Å². The van der Waals surface area contributed by atoms with Crippen LogP contribution in [-0.2, 0) is 0 Å². The third-order valence-corrected chi connectivity index (χ3v) is 25.2. The van der Waals surface area contributed by atoms with Crippen LogP contribution in [0, 0.1) is 107 Å². The standard InChI is InChI=1S/4C15H28.C7H16.2C5H10.6C2H6/c4*1-3-13-9-7-10-14-8-5-4-6-11-15(14)12(13)2;1-3-5-7-6-4-2;2*1-5-3-2-4-5;6*1-2/h4*12-15H,3-11H2,1-2H3;3-7H2,1-2H3;2*5H,2-4H2,1H3;6*1-2H3. The molecule has 0 radical (unpaired) electrons. The number of hydrogen-bond acceptors (Lipinski definition) is 0. The molecule has 16 atom stereocenters. The second kappa shape index (κ2) is 65.3. The zero-order valence-corrected chi connectivity index (χ0v) is 67.6. The average molecular weight is 1250 g/mol. The fraction of sp³-hybridized carbons (Fsp3) is 1.00. The van der Waals surface area contributed by atoms with Crippen molar-refractivity contribution in [1.82, 2.24) is 0 Å². The molecule has 10 saturated carbocycles. The van der Waals surface area contributed by atoms with Gasteiger partial charge in [-0.3, -0.25) is 0 Å². The van der Waals surface area contributed by atoms with Crippen LogP contribution >= 0.6 is 0 Å². The summed E-state index contributed by atoms with van der Waals surface area (Å²) >= 11 is 0. The van der Waals surface area contributed by atoms with Gasteiger partial charge in [0.15, 0.2) is 0 Å². The Balaban J connectivity index is -0.000000968. The first-order valence-corrected chi connectivity index (χ1v) is 43.5. The Morgan fingerprint density at radius 1 is 0.191 bits per heavy atom. The van der Waals surface area contributed by atoms with Crippen molar-refractivity contribution in [1.29, 1.82) is 0 Å². The summed E-state index contributed by atoms with van der Waals surface area (Å²) in [5.74, 6) is 19.1. The van der Waals surface area contributed by atoms with Gasteiger partial charge in [-0.1, -0.05) is 442 Å². The zero-order valence-electron chi connectivity index (χ0n) is 67.6. The summed E-state index contributed by atoms with van der Waals surface area (Å²) in [4.78, 5) is 0. The van der Waals surface area contributed by atoms with Crippen LogP contribution in [0.1, 0.15) is 468 Å². The normalized spacial score (nSPS) is 32.9. The number of fused-ring (bicyclic) bond motifs is 4. The molecule has 0 amide bonds. The fourth-order valence-electron chi connectivity index (χ4n) is 19.1. The predicted molar refractivity (Wildman–Crippen MR) is 416 cm³/mol. The molecule has 0 aromatic heterocycles. The van der Waals surface area contributed by atoms with E-state index in [1.54, 1.807) is 77.0 Å². The van der Waals surface area contributed by atoms with Crippen LogP contribution in [0.3, 0.4) is 0 Å². The van der Waals surface area contributed by atoms with Crippen molar-refractivity contribution in [3.8, 4) is 0 Å². The number of hydrogen-bond donors (Lipinski definition) is 0. The molecule has 10 aliphatic carbocycles. The minimum atomic E-state index is 1.01. The van der Waals surface area contributed by atoms with Crippen molar-refractivity contribution in [3.63, 3.8) is 0 Å². The third-order valence-electron chi connectivity index (χ3n) is 25.2. The molecule has 0 aromatic rings. The summed E-state index contributed by atoms with van der Waals surface area (Å²) in [6.45, 7) is 52.9. The molecular formula is C89H184. The highest BCUT2D eigenvalue weighted by Crippen LogP contribution is 2.48. The van der Waals surface area contributed by atoms with Gasteiger partial charge in [0, 0.05) is 0 Å². The van der Waals surface area contributed by atoms with Crippen LogP contribution < -0.4 is 0 Å². The molecule has 0 N–H and O–H groups in total. The fourth-order valence-corrected chi connectivity index (χ4v) is 19.1. The lowest BCUT2D eigenvalue weighted by atomic mass is 9.74. The lowest BCUT2D eigenvalue weighted by Gasteiger charge is -2.31. The van der Waals surface area contributed by atoms with Gasteiger partial charge in [0.2, 0.25) is 0 Å². The first-order valence-electron chi connectivity index (χ1n) is 43.5. The van der Waals surface area contributed by atoms with Gasteiger partial charge >= 0.3 is 0 Å². The summed E-state index contributed by atoms with van der Waals surface area (Å²) < 4.78 is 0. The first kappa shape index (κ1) is 93.2. The van der Waals surface area contributed by atoms with Crippen molar-refractivity contribution in [2.24, 2.45) is 107 Å². The molecule has 0 aromatic carbocycles. The smallest absolute Gasteiger partial charge is 0.0357 e. The van der Waals surface area contributed by atoms with Gasteiger partial charge in [-0.25, -0.2) is 0 Å². The zero-order chi connectivity index (χ0) is 67.6. The second-order valence-corrected chi connectivity index (χ2v) is 30.2. The Kier molecular flexibility index (Phi) is 68.4. The molecule has 10 aliphatic rings. The molecule has 89 heavy (non-hydrogen) atoms. The van der Waals surface area contributed by atoms with Crippen molar-refractivity contribution in [2.75, 3.05) is 0 Å². The van der Waals surface area contributed by atoms with Crippen LogP contribution in [0.4, 0.5) is 0 Å². The van der Waals surface area contributed by atoms with E-state index in [4.69, 9.17) is 0 Å². The predicted octanol–water partition coefficient (Wildman–Crippen LogP) is 32.9. The monoisotopic (exact) mass is 1250 g/mol. The van der Waals surface area contributed by atoms with Crippen LogP contribution in [-0.4, -0.2) is 0 Å². The van der Waals surface area contributed by atoms with Crippen molar-refractivity contribution >= 4 is 0 Å². The second-order valence-electron chi connectivity index (χ2n) is 30.2. The van der Waals surface area contributed by atoms with Gasteiger partial charge in [-0.15, -0.1) is 0 Å². The molecule has 540 valence electrons. The van der Waals surface area contributed by atoms with Crippen molar-refractivity contribution in [3.05, 3.63) is 0 Å². The van der Waals surface area contributed by atoms with Gasteiger partial charge in [-0.05, 0) is 132 Å². The van der Waals surface area contributed by atoms with E-state index in [2.05, 4.69) is 83.1 Å². The van der Waals surface area contributed by atoms with E-state index >= 15 is 0 Å². The maximum Gasteiger partial charge on any atom is -0.0357 e. The van der Waals surface area contributed by atoms with Crippen molar-refractivity contribution in [2.45, 2.75) is 468 Å². The average Bonchev–Trinajstić information content (AvgIpc) is 4.52. The van der Waals surface area contributed by atoms with Gasteiger partial charge in [0.25, 0.3) is 0 Å². The van der Waals surface area contributed by atoms with Gasteiger partial charge in [-0.2, -0.15) is 0 Å². The lowest BCUT2D eigenvalue weighted by molar-refractivity contribution is 0.181. The highest BCUT2D eigenvalue weighted by Gasteiger charge is 2.38. The Morgan fingerprint density at radius 3 is 0.517 bits per heavy atom. The molecular weight excluding hydrogens is 1070 g/mol. The molecule has 16 unspecified atom stereocenters. The SMILES string of the molecule is CC.CC.CC.CC.CC.CC.CC1CCC1.CC1CCC1.CCC1CCCC2CCCCCC2C1C.CCC1CCCC2CCCCCC2C1C.CCC1CCCC2CCCCCC2C1C.CCC1CCCC2CCCCCC2C1C.CCCCCCC. The van der Waals surface area contributed by atoms with Gasteiger partial charge in [0.1, 0.15) is 0 Å². The third kappa shape index (κ3) is 39.7. The molecule has 0 nitrogen and oxygen atoms in total. The summed E-state index contributed by atoms with van der Waals surface area (Å²) in [7, 11) is 0. The van der Waals surface area contributed by atoms with E-state index in [9.17, 15) is 0 Å². The van der Waals surface area contributed by atoms with E-state index < -0.39 is 0 Å². The Labute approximate surface area is 571 Å². The maximum absolute atomic E-state index is 2.56. The highest BCUT2D eigenvalue weighted by atomic mass is 14.4. The van der Waals surface area contributed by atoms with Crippen LogP contribution in [0.5, 0.6) is 0 Å². The summed E-state index contributed by atoms with van der Waals surface area (Å²) in [6.07, 6.45) is 70.5. The highest BCUT2D eigenvalue weighted by molar-refractivity contribution is 4.88. The van der Waals surface area contributed by atoms with Crippen molar-refractivity contribution < 1.29 is 0 Å². The molecule has 10 fully saturated rings. The molecule has 0 bridgehead atoms. The van der Waals surface area contributed by atoms with Crippen LogP contribution in [0.25, 0.3) is 0 Å². The Hall–Kier alpha value is 0. The van der Waals surface area contributed by atoms with E-state index in [0.29, 0.717) is 0 Å². The van der Waals surface area contributed by atoms with Crippen LogP contribution in [0.2, 0.25) is 0 Å². The summed E-state index contributed by atoms with van der Waals surface area (Å²) in [5.41, 5.74) is 0. The van der Waals surface area contributed by atoms with E-state index in [1.165, 1.54) is 225 Å². The van der Waals surface area contributed by atoms with Crippen LogP contribution in [0.15, 0.2) is 0 Å². The maximum atomic E-state index is 2.56. The molecule has 10 rings (SSSR count). The lowest BCUT2D eigenvalue weighted by Crippen LogP contribution is -2.23. The molecule has 0 heterocycles. The largest absolute Gasteiger partial charge is 0.0683 e.